The minimum Gasteiger partial charge on any atom is -0.271 e. The largest absolute Gasteiger partial charge is 0.271 e. The Morgan fingerprint density at radius 1 is 1.33 bits per heavy atom. The number of hydrogen-bond acceptors (Lipinski definition) is 3. The van der Waals surface area contributed by atoms with Crippen LogP contribution in [0.3, 0.4) is 0 Å². The van der Waals surface area contributed by atoms with E-state index in [1.807, 2.05) is 16.9 Å². The van der Waals surface area contributed by atoms with Crippen molar-refractivity contribution in [3.05, 3.63) is 52.8 Å². The van der Waals surface area contributed by atoms with Crippen LogP contribution in [0.25, 0.3) is 0 Å². The Labute approximate surface area is 108 Å². The molecule has 3 N–H and O–H groups in total. The smallest absolute Gasteiger partial charge is 0.0880 e. The van der Waals surface area contributed by atoms with E-state index in [1.54, 1.807) is 0 Å². The minimum atomic E-state index is -0.0210. The molecular formula is C14H20N4. The lowest BCUT2D eigenvalue weighted by Crippen LogP contribution is -2.31. The molecule has 0 aliphatic carbocycles. The molecule has 0 saturated heterocycles. The van der Waals surface area contributed by atoms with Crippen LogP contribution in [-0.4, -0.2) is 9.78 Å². The van der Waals surface area contributed by atoms with E-state index in [0.717, 1.165) is 12.2 Å². The van der Waals surface area contributed by atoms with Gasteiger partial charge in [0.2, 0.25) is 0 Å². The Hall–Kier alpha value is -1.65. The summed E-state index contributed by atoms with van der Waals surface area (Å²) in [5, 5.41) is 4.30. The highest BCUT2D eigenvalue weighted by molar-refractivity contribution is 5.38. The molecule has 2 aromatic rings. The second-order valence-corrected chi connectivity index (χ2v) is 4.46. The lowest BCUT2D eigenvalue weighted by atomic mass is 9.96. The van der Waals surface area contributed by atoms with Gasteiger partial charge in [0.15, 0.2) is 0 Å². The molecule has 0 aliphatic rings. The zero-order valence-electron chi connectivity index (χ0n) is 11.1. The molecule has 2 rings (SSSR count). The highest BCUT2D eigenvalue weighted by Crippen LogP contribution is 2.25. The van der Waals surface area contributed by atoms with Crippen molar-refractivity contribution in [2.45, 2.75) is 33.4 Å². The summed E-state index contributed by atoms with van der Waals surface area (Å²) in [7, 11) is 0. The second-order valence-electron chi connectivity index (χ2n) is 4.46. The number of hydrogen-bond donors (Lipinski definition) is 2. The van der Waals surface area contributed by atoms with Crippen molar-refractivity contribution in [1.82, 2.24) is 15.2 Å². The van der Waals surface area contributed by atoms with Crippen molar-refractivity contribution in [2.75, 3.05) is 0 Å². The molecular weight excluding hydrogens is 224 g/mol. The number of aromatic nitrogens is 2. The first kappa shape index (κ1) is 12.8. The third-order valence-corrected chi connectivity index (χ3v) is 3.47. The fourth-order valence-electron chi connectivity index (χ4n) is 2.27. The molecule has 0 aliphatic heterocycles. The van der Waals surface area contributed by atoms with E-state index in [0.29, 0.717) is 0 Å². The summed E-state index contributed by atoms with van der Waals surface area (Å²) >= 11 is 0. The van der Waals surface area contributed by atoms with Crippen LogP contribution < -0.4 is 11.3 Å². The topological polar surface area (TPSA) is 55.9 Å². The van der Waals surface area contributed by atoms with E-state index in [9.17, 15) is 0 Å². The summed E-state index contributed by atoms with van der Waals surface area (Å²) in [5.74, 6) is 5.75. The maximum absolute atomic E-state index is 5.75. The number of nitrogens with one attached hydrogen (secondary N) is 1. The van der Waals surface area contributed by atoms with Crippen LogP contribution in [0.15, 0.2) is 30.5 Å². The second kappa shape index (κ2) is 5.33. The summed E-state index contributed by atoms with van der Waals surface area (Å²) in [5.41, 5.74) is 7.74. The van der Waals surface area contributed by atoms with Crippen molar-refractivity contribution in [1.29, 1.82) is 0 Å². The van der Waals surface area contributed by atoms with E-state index in [4.69, 9.17) is 5.84 Å². The number of aryl methyl sites for hydroxylation is 2. The molecule has 1 aromatic carbocycles. The molecule has 0 radical (unpaired) electrons. The van der Waals surface area contributed by atoms with Gasteiger partial charge in [-0.15, -0.1) is 0 Å². The first-order valence-electron chi connectivity index (χ1n) is 6.23. The molecule has 96 valence electrons. The summed E-state index contributed by atoms with van der Waals surface area (Å²) < 4.78 is 1.96. The van der Waals surface area contributed by atoms with Gasteiger partial charge in [-0.3, -0.25) is 10.5 Å². The highest BCUT2D eigenvalue weighted by Gasteiger charge is 2.18. The Balaban J connectivity index is 2.49. The van der Waals surface area contributed by atoms with Crippen molar-refractivity contribution in [2.24, 2.45) is 5.84 Å². The molecule has 0 bridgehead atoms. The first-order valence-corrected chi connectivity index (χ1v) is 6.23. The fourth-order valence-corrected chi connectivity index (χ4v) is 2.27. The van der Waals surface area contributed by atoms with Gasteiger partial charge in [0.25, 0.3) is 0 Å². The summed E-state index contributed by atoms with van der Waals surface area (Å²) in [6.45, 7) is 7.16. The van der Waals surface area contributed by atoms with E-state index < -0.39 is 0 Å². The van der Waals surface area contributed by atoms with Gasteiger partial charge in [0.05, 0.1) is 11.7 Å². The third-order valence-electron chi connectivity index (χ3n) is 3.47. The Kier molecular flexibility index (Phi) is 3.79. The van der Waals surface area contributed by atoms with Crippen LogP contribution in [0, 0.1) is 13.8 Å². The monoisotopic (exact) mass is 244 g/mol. The van der Waals surface area contributed by atoms with Crippen molar-refractivity contribution in [3.8, 4) is 0 Å². The van der Waals surface area contributed by atoms with Crippen LogP contribution in [0.5, 0.6) is 0 Å². The van der Waals surface area contributed by atoms with Gasteiger partial charge in [-0.2, -0.15) is 5.10 Å². The highest BCUT2D eigenvalue weighted by atomic mass is 15.3. The van der Waals surface area contributed by atoms with E-state index in [2.05, 4.69) is 49.5 Å². The summed E-state index contributed by atoms with van der Waals surface area (Å²) in [4.78, 5) is 0. The zero-order valence-corrected chi connectivity index (χ0v) is 11.1. The van der Waals surface area contributed by atoms with Gasteiger partial charge in [0.1, 0.15) is 0 Å². The van der Waals surface area contributed by atoms with Gasteiger partial charge in [-0.1, -0.05) is 18.2 Å². The molecule has 1 aromatic heterocycles. The van der Waals surface area contributed by atoms with E-state index in [1.165, 1.54) is 16.7 Å². The molecule has 0 saturated carbocycles. The predicted molar refractivity (Wildman–Crippen MR) is 73.0 cm³/mol. The molecule has 0 fully saturated rings. The van der Waals surface area contributed by atoms with Gasteiger partial charge in [0, 0.05) is 12.7 Å². The van der Waals surface area contributed by atoms with Crippen LogP contribution >= 0.6 is 0 Å². The molecule has 4 nitrogen and oxygen atoms in total. The Bertz CT molecular complexity index is 530. The van der Waals surface area contributed by atoms with Crippen molar-refractivity contribution >= 4 is 0 Å². The quantitative estimate of drug-likeness (QED) is 0.639. The molecule has 1 unspecified atom stereocenters. The number of rotatable bonds is 4. The molecule has 0 amide bonds. The normalized spacial score (nSPS) is 12.7. The molecule has 4 heteroatoms. The summed E-state index contributed by atoms with van der Waals surface area (Å²) in [6.07, 6.45) is 1.81. The molecule has 18 heavy (non-hydrogen) atoms. The lowest BCUT2D eigenvalue weighted by molar-refractivity contribution is 0.542. The maximum atomic E-state index is 5.75. The Morgan fingerprint density at radius 2 is 2.11 bits per heavy atom. The van der Waals surface area contributed by atoms with E-state index >= 15 is 0 Å². The predicted octanol–water partition coefficient (Wildman–Crippen LogP) is 2.07. The van der Waals surface area contributed by atoms with E-state index in [-0.39, 0.29) is 6.04 Å². The Morgan fingerprint density at radius 3 is 2.78 bits per heavy atom. The average Bonchev–Trinajstić information content (AvgIpc) is 2.83. The number of nitrogens with two attached hydrogens (primary N) is 1. The maximum Gasteiger partial charge on any atom is 0.0880 e. The van der Waals surface area contributed by atoms with Crippen molar-refractivity contribution in [3.63, 3.8) is 0 Å². The fraction of sp³-hybridized carbons (Fsp3) is 0.357. The van der Waals surface area contributed by atoms with Gasteiger partial charge in [-0.05, 0) is 43.5 Å². The van der Waals surface area contributed by atoms with Crippen LogP contribution in [0.1, 0.15) is 35.3 Å². The molecule has 1 atom stereocenters. The summed E-state index contributed by atoms with van der Waals surface area (Å²) in [6, 6.07) is 8.28. The van der Waals surface area contributed by atoms with Gasteiger partial charge >= 0.3 is 0 Å². The van der Waals surface area contributed by atoms with Gasteiger partial charge in [-0.25, -0.2) is 5.43 Å². The van der Waals surface area contributed by atoms with Crippen LogP contribution in [0.2, 0.25) is 0 Å². The first-order chi connectivity index (χ1) is 8.69. The van der Waals surface area contributed by atoms with Gasteiger partial charge < -0.3 is 0 Å². The molecule has 0 spiro atoms. The van der Waals surface area contributed by atoms with Crippen LogP contribution in [-0.2, 0) is 6.54 Å². The SMILES string of the molecule is CCn1nccc1C(NN)c1cccc(C)c1C. The standard InChI is InChI=1S/C14H20N4/c1-4-18-13(8-9-16-18)14(17-15)12-7-5-6-10(2)11(12)3/h5-9,14,17H,4,15H2,1-3H3. The minimum absolute atomic E-state index is 0.0210. The third kappa shape index (κ3) is 2.17. The lowest BCUT2D eigenvalue weighted by Gasteiger charge is -2.20. The molecule has 1 heterocycles. The average molecular weight is 244 g/mol. The van der Waals surface area contributed by atoms with Crippen molar-refractivity contribution < 1.29 is 0 Å². The zero-order chi connectivity index (χ0) is 13.1. The number of nitrogens with zero attached hydrogens (tertiary/aromatic N) is 2. The van der Waals surface area contributed by atoms with Crippen LogP contribution in [0.4, 0.5) is 0 Å². The number of benzene rings is 1. The number of hydrazine groups is 1.